The van der Waals surface area contributed by atoms with Gasteiger partial charge >= 0.3 is 5.97 Å². The van der Waals surface area contributed by atoms with Gasteiger partial charge in [0.25, 0.3) is 0 Å². The van der Waals surface area contributed by atoms with Crippen molar-refractivity contribution in [1.29, 1.82) is 0 Å². The van der Waals surface area contributed by atoms with Gasteiger partial charge in [0.1, 0.15) is 5.76 Å². The van der Waals surface area contributed by atoms with Gasteiger partial charge in [-0.25, -0.2) is 4.79 Å². The number of rotatable bonds is 3. The molecule has 1 fully saturated rings. The number of carbonyl (C=O) groups is 1. The van der Waals surface area contributed by atoms with Crippen molar-refractivity contribution in [2.45, 2.75) is 25.9 Å². The van der Waals surface area contributed by atoms with Gasteiger partial charge in [0.2, 0.25) is 0 Å². The smallest absolute Gasteiger partial charge is 0.331 e. The molecule has 1 atom stereocenters. The van der Waals surface area contributed by atoms with E-state index < -0.39 is 5.97 Å². The van der Waals surface area contributed by atoms with E-state index in [1.807, 2.05) is 0 Å². The van der Waals surface area contributed by atoms with Gasteiger partial charge in [0, 0.05) is 17.8 Å². The van der Waals surface area contributed by atoms with Crippen LogP contribution in [0.25, 0.3) is 5.57 Å². The third kappa shape index (κ3) is 2.02. The Kier molecular flexibility index (Phi) is 3.10. The first kappa shape index (κ1) is 11.0. The molecule has 0 spiro atoms. The average Bonchev–Trinajstić information content (AvgIpc) is 2.89. The van der Waals surface area contributed by atoms with Crippen molar-refractivity contribution in [1.82, 2.24) is 0 Å². The number of carboxylic acids is 1. The monoisotopic (exact) mass is 222 g/mol. The Hall–Kier alpha value is -1.55. The largest absolute Gasteiger partial charge is 0.478 e. The van der Waals surface area contributed by atoms with E-state index in [0.717, 1.165) is 12.8 Å². The molecule has 1 aliphatic heterocycles. The van der Waals surface area contributed by atoms with Crippen LogP contribution in [0.15, 0.2) is 28.4 Å². The predicted molar refractivity (Wildman–Crippen MR) is 57.9 cm³/mol. The molecule has 0 aromatic carbocycles. The summed E-state index contributed by atoms with van der Waals surface area (Å²) in [6.07, 6.45) is 3.20. The van der Waals surface area contributed by atoms with E-state index in [1.165, 1.54) is 0 Å². The summed E-state index contributed by atoms with van der Waals surface area (Å²) in [6, 6.07) is 3.52. The van der Waals surface area contributed by atoms with Crippen molar-refractivity contribution in [2.75, 3.05) is 6.61 Å². The highest BCUT2D eigenvalue weighted by atomic mass is 16.5. The Labute approximate surface area is 93.5 Å². The molecule has 4 heteroatoms. The minimum atomic E-state index is -0.929. The summed E-state index contributed by atoms with van der Waals surface area (Å²) >= 11 is 0. The highest BCUT2D eigenvalue weighted by Crippen LogP contribution is 2.31. The fourth-order valence-corrected chi connectivity index (χ4v) is 1.94. The van der Waals surface area contributed by atoms with Gasteiger partial charge in [-0.3, -0.25) is 0 Å². The summed E-state index contributed by atoms with van der Waals surface area (Å²) in [5.74, 6) is -0.339. The number of aliphatic carboxylic acids is 1. The van der Waals surface area contributed by atoms with Crippen LogP contribution in [0.5, 0.6) is 0 Å². The van der Waals surface area contributed by atoms with E-state index >= 15 is 0 Å². The van der Waals surface area contributed by atoms with Crippen LogP contribution in [0.2, 0.25) is 0 Å². The van der Waals surface area contributed by atoms with Crippen LogP contribution in [-0.2, 0) is 9.53 Å². The van der Waals surface area contributed by atoms with Gasteiger partial charge < -0.3 is 14.3 Å². The summed E-state index contributed by atoms with van der Waals surface area (Å²) in [4.78, 5) is 11.0. The van der Waals surface area contributed by atoms with Crippen LogP contribution < -0.4 is 0 Å². The van der Waals surface area contributed by atoms with Crippen molar-refractivity contribution < 1.29 is 19.1 Å². The highest BCUT2D eigenvalue weighted by molar-refractivity contribution is 5.96. The lowest BCUT2D eigenvalue weighted by atomic mass is 9.99. The standard InChI is InChI=1S/C12H14O4/c1-8(12(13)14)11(9-4-2-6-15-9)10-5-3-7-16-10/h2,4,6,10H,3,5,7H2,1H3,(H,13,14). The van der Waals surface area contributed by atoms with Crippen LogP contribution in [0.3, 0.4) is 0 Å². The molecule has 1 N–H and O–H groups in total. The molecular formula is C12H14O4. The van der Waals surface area contributed by atoms with Gasteiger partial charge in [-0.05, 0) is 31.9 Å². The molecule has 2 heterocycles. The Morgan fingerprint density at radius 3 is 2.88 bits per heavy atom. The Bertz CT molecular complexity index is 397. The predicted octanol–water partition coefficient (Wildman–Crippen LogP) is 2.32. The van der Waals surface area contributed by atoms with Crippen LogP contribution in [-0.4, -0.2) is 23.8 Å². The second kappa shape index (κ2) is 4.53. The van der Waals surface area contributed by atoms with Crippen molar-refractivity contribution in [3.8, 4) is 0 Å². The minimum absolute atomic E-state index is 0.151. The lowest BCUT2D eigenvalue weighted by molar-refractivity contribution is -0.132. The van der Waals surface area contributed by atoms with E-state index in [9.17, 15) is 4.79 Å². The normalized spacial score (nSPS) is 21.9. The molecule has 0 radical (unpaired) electrons. The lowest BCUT2D eigenvalue weighted by Gasteiger charge is -2.14. The van der Waals surface area contributed by atoms with Gasteiger partial charge in [-0.1, -0.05) is 0 Å². The van der Waals surface area contributed by atoms with Crippen LogP contribution in [0.1, 0.15) is 25.5 Å². The number of furan rings is 1. The maximum atomic E-state index is 11.0. The van der Waals surface area contributed by atoms with Crippen LogP contribution >= 0.6 is 0 Å². The minimum Gasteiger partial charge on any atom is -0.478 e. The van der Waals surface area contributed by atoms with Gasteiger partial charge in [0.15, 0.2) is 0 Å². The molecule has 1 aromatic heterocycles. The lowest BCUT2D eigenvalue weighted by Crippen LogP contribution is -2.13. The summed E-state index contributed by atoms with van der Waals surface area (Å²) < 4.78 is 10.8. The Morgan fingerprint density at radius 2 is 2.38 bits per heavy atom. The summed E-state index contributed by atoms with van der Waals surface area (Å²) in [6.45, 7) is 2.27. The third-order valence-electron chi connectivity index (χ3n) is 2.76. The van der Waals surface area contributed by atoms with Crippen molar-refractivity contribution >= 4 is 11.5 Å². The fraction of sp³-hybridized carbons (Fsp3) is 0.417. The molecule has 1 aliphatic rings. The quantitative estimate of drug-likeness (QED) is 0.797. The Balaban J connectivity index is 2.41. The molecule has 1 saturated heterocycles. The highest BCUT2D eigenvalue weighted by Gasteiger charge is 2.26. The molecule has 0 saturated carbocycles. The average molecular weight is 222 g/mol. The van der Waals surface area contributed by atoms with E-state index in [1.54, 1.807) is 25.3 Å². The molecule has 0 amide bonds. The molecule has 0 bridgehead atoms. The van der Waals surface area contributed by atoms with Gasteiger partial charge in [-0.15, -0.1) is 0 Å². The fourth-order valence-electron chi connectivity index (χ4n) is 1.94. The van der Waals surface area contributed by atoms with Crippen molar-refractivity contribution in [3.05, 3.63) is 29.7 Å². The number of ether oxygens (including phenoxy) is 1. The van der Waals surface area contributed by atoms with E-state index in [2.05, 4.69) is 0 Å². The van der Waals surface area contributed by atoms with Gasteiger partial charge in [0.05, 0.1) is 12.4 Å². The topological polar surface area (TPSA) is 59.7 Å². The number of carboxylic acid groups (broad SMARTS) is 1. The second-order valence-electron chi connectivity index (χ2n) is 3.82. The summed E-state index contributed by atoms with van der Waals surface area (Å²) in [5.41, 5.74) is 0.955. The molecule has 2 rings (SSSR count). The van der Waals surface area contributed by atoms with Crippen LogP contribution in [0.4, 0.5) is 0 Å². The van der Waals surface area contributed by atoms with Crippen molar-refractivity contribution in [3.63, 3.8) is 0 Å². The molecule has 1 aromatic rings. The van der Waals surface area contributed by atoms with Crippen LogP contribution in [0, 0.1) is 0 Å². The molecule has 16 heavy (non-hydrogen) atoms. The van der Waals surface area contributed by atoms with Gasteiger partial charge in [-0.2, -0.15) is 0 Å². The maximum absolute atomic E-state index is 11.0. The maximum Gasteiger partial charge on any atom is 0.331 e. The zero-order chi connectivity index (χ0) is 11.5. The number of hydrogen-bond donors (Lipinski definition) is 1. The SMILES string of the molecule is CC(C(=O)O)=C(c1ccco1)C1CCCO1. The molecule has 0 aliphatic carbocycles. The van der Waals surface area contributed by atoms with Crippen molar-refractivity contribution in [2.24, 2.45) is 0 Å². The van der Waals surface area contributed by atoms with E-state index in [-0.39, 0.29) is 6.10 Å². The summed E-state index contributed by atoms with van der Waals surface area (Å²) in [7, 11) is 0. The first-order valence-corrected chi connectivity index (χ1v) is 5.29. The second-order valence-corrected chi connectivity index (χ2v) is 3.82. The molecule has 1 unspecified atom stereocenters. The first-order valence-electron chi connectivity index (χ1n) is 5.29. The number of hydrogen-bond acceptors (Lipinski definition) is 3. The van der Waals surface area contributed by atoms with E-state index in [4.69, 9.17) is 14.3 Å². The summed E-state index contributed by atoms with van der Waals surface area (Å²) in [5, 5.41) is 9.06. The molecule has 4 nitrogen and oxygen atoms in total. The Morgan fingerprint density at radius 1 is 1.56 bits per heavy atom. The molecule has 86 valence electrons. The molecular weight excluding hydrogens is 208 g/mol. The first-order chi connectivity index (χ1) is 7.70. The zero-order valence-corrected chi connectivity index (χ0v) is 9.10. The van der Waals surface area contributed by atoms with E-state index in [0.29, 0.717) is 23.5 Å². The third-order valence-corrected chi connectivity index (χ3v) is 2.76. The zero-order valence-electron chi connectivity index (χ0n) is 9.10.